The maximum absolute atomic E-state index is 5.51. The second kappa shape index (κ2) is 4.34. The highest BCUT2D eigenvalue weighted by atomic mass is 16.5. The Balaban J connectivity index is 2.14. The number of hydrogen-bond acceptors (Lipinski definition) is 3. The number of hydrogen-bond donors (Lipinski definition) is 1. The first-order chi connectivity index (χ1) is 5.36. The largest absolute Gasteiger partial charge is 0.476 e. The van der Waals surface area contributed by atoms with Crippen LogP contribution in [0.3, 0.4) is 0 Å². The number of ether oxygens (including phenoxy) is 1. The third kappa shape index (κ3) is 2.50. The van der Waals surface area contributed by atoms with Crippen molar-refractivity contribution >= 4 is 5.90 Å². The molecule has 0 radical (unpaired) electrons. The van der Waals surface area contributed by atoms with Gasteiger partial charge in [0.2, 0.25) is 0 Å². The Kier molecular flexibility index (Phi) is 3.36. The van der Waals surface area contributed by atoms with Gasteiger partial charge in [0.15, 0.2) is 5.90 Å². The third-order valence-electron chi connectivity index (χ3n) is 1.81. The zero-order valence-corrected chi connectivity index (χ0v) is 7.05. The maximum atomic E-state index is 5.51. The predicted molar refractivity (Wildman–Crippen MR) is 45.8 cm³/mol. The van der Waals surface area contributed by atoms with Gasteiger partial charge in [0.25, 0.3) is 0 Å². The molecule has 0 amide bonds. The van der Waals surface area contributed by atoms with Crippen LogP contribution in [0.25, 0.3) is 0 Å². The van der Waals surface area contributed by atoms with Crippen LogP contribution in [0.2, 0.25) is 0 Å². The Morgan fingerprint density at radius 1 is 1.73 bits per heavy atom. The van der Waals surface area contributed by atoms with E-state index in [0.717, 1.165) is 38.2 Å². The zero-order valence-electron chi connectivity index (χ0n) is 7.05. The van der Waals surface area contributed by atoms with E-state index in [9.17, 15) is 0 Å². The van der Waals surface area contributed by atoms with Gasteiger partial charge < -0.3 is 10.5 Å². The summed E-state index contributed by atoms with van der Waals surface area (Å²) < 4.78 is 5.51. The van der Waals surface area contributed by atoms with E-state index in [1.165, 1.54) is 0 Å². The summed E-state index contributed by atoms with van der Waals surface area (Å²) in [6, 6.07) is 0. The van der Waals surface area contributed by atoms with Crippen molar-refractivity contribution in [1.29, 1.82) is 0 Å². The second-order valence-corrected chi connectivity index (χ2v) is 2.76. The highest BCUT2D eigenvalue weighted by Gasteiger charge is 2.16. The van der Waals surface area contributed by atoms with Gasteiger partial charge in [-0.15, -0.1) is 0 Å². The Morgan fingerprint density at radius 3 is 3.09 bits per heavy atom. The minimum Gasteiger partial charge on any atom is -0.476 e. The molecule has 1 unspecified atom stereocenters. The summed E-state index contributed by atoms with van der Waals surface area (Å²) in [5.74, 6) is 0.909. The van der Waals surface area contributed by atoms with Crippen molar-refractivity contribution in [1.82, 2.24) is 0 Å². The van der Waals surface area contributed by atoms with E-state index in [1.807, 2.05) is 0 Å². The summed E-state index contributed by atoms with van der Waals surface area (Å²) in [7, 11) is 0. The van der Waals surface area contributed by atoms with Crippen LogP contribution in [0.15, 0.2) is 4.99 Å². The van der Waals surface area contributed by atoms with Crippen molar-refractivity contribution in [2.45, 2.75) is 32.3 Å². The smallest absolute Gasteiger partial charge is 0.183 e. The van der Waals surface area contributed by atoms with Crippen LogP contribution >= 0.6 is 0 Å². The van der Waals surface area contributed by atoms with Gasteiger partial charge in [-0.2, -0.15) is 0 Å². The Morgan fingerprint density at radius 2 is 2.55 bits per heavy atom. The monoisotopic (exact) mass is 156 g/mol. The molecule has 0 saturated carbocycles. The van der Waals surface area contributed by atoms with Crippen molar-refractivity contribution < 1.29 is 4.74 Å². The van der Waals surface area contributed by atoms with Crippen molar-refractivity contribution in [3.05, 3.63) is 0 Å². The van der Waals surface area contributed by atoms with Crippen molar-refractivity contribution in [2.75, 3.05) is 13.1 Å². The van der Waals surface area contributed by atoms with E-state index >= 15 is 0 Å². The minimum atomic E-state index is 0.313. The average molecular weight is 156 g/mol. The molecule has 2 N–H and O–H groups in total. The quantitative estimate of drug-likeness (QED) is 0.658. The Labute approximate surface area is 67.6 Å². The lowest BCUT2D eigenvalue weighted by atomic mass is 10.2. The summed E-state index contributed by atoms with van der Waals surface area (Å²) in [6.45, 7) is 3.65. The predicted octanol–water partition coefficient (Wildman–Crippen LogP) is 0.933. The van der Waals surface area contributed by atoms with Crippen LogP contribution in [-0.4, -0.2) is 25.1 Å². The van der Waals surface area contributed by atoms with Gasteiger partial charge >= 0.3 is 0 Å². The molecule has 0 bridgehead atoms. The molecule has 1 rings (SSSR count). The molecule has 0 aliphatic carbocycles. The van der Waals surface area contributed by atoms with Gasteiger partial charge in [-0.1, -0.05) is 6.92 Å². The molecule has 0 saturated heterocycles. The van der Waals surface area contributed by atoms with Crippen LogP contribution in [0, 0.1) is 0 Å². The minimum absolute atomic E-state index is 0.313. The maximum Gasteiger partial charge on any atom is 0.183 e. The summed E-state index contributed by atoms with van der Waals surface area (Å²) in [6.07, 6.45) is 3.31. The van der Waals surface area contributed by atoms with E-state index in [1.54, 1.807) is 0 Å². The highest BCUT2D eigenvalue weighted by Crippen LogP contribution is 2.11. The van der Waals surface area contributed by atoms with Gasteiger partial charge in [-0.05, 0) is 19.4 Å². The van der Waals surface area contributed by atoms with Gasteiger partial charge in [-0.3, -0.25) is 4.99 Å². The van der Waals surface area contributed by atoms with Gasteiger partial charge in [-0.25, -0.2) is 0 Å². The van der Waals surface area contributed by atoms with Crippen LogP contribution in [-0.2, 0) is 4.74 Å². The number of aliphatic imine (C=N–C) groups is 1. The van der Waals surface area contributed by atoms with Crippen LogP contribution in [0.5, 0.6) is 0 Å². The van der Waals surface area contributed by atoms with Gasteiger partial charge in [0, 0.05) is 6.42 Å². The lowest BCUT2D eigenvalue weighted by Crippen LogP contribution is -2.14. The number of rotatable bonds is 4. The molecular weight excluding hydrogens is 140 g/mol. The van der Waals surface area contributed by atoms with Crippen molar-refractivity contribution in [3.63, 3.8) is 0 Å². The Bertz CT molecular complexity index is 145. The molecule has 11 heavy (non-hydrogen) atoms. The summed E-state index contributed by atoms with van der Waals surface area (Å²) in [5, 5.41) is 0. The Hall–Kier alpha value is -0.570. The fraction of sp³-hybridized carbons (Fsp3) is 0.875. The summed E-state index contributed by atoms with van der Waals surface area (Å²) in [5.41, 5.74) is 5.38. The van der Waals surface area contributed by atoms with E-state index in [-0.39, 0.29) is 0 Å². The molecule has 0 aromatic carbocycles. The molecule has 1 aliphatic rings. The second-order valence-electron chi connectivity index (χ2n) is 2.76. The summed E-state index contributed by atoms with van der Waals surface area (Å²) >= 11 is 0. The molecule has 3 heteroatoms. The SMILES string of the molecule is CCC1=NCC(CCCN)O1. The van der Waals surface area contributed by atoms with Crippen LogP contribution in [0.4, 0.5) is 0 Å². The lowest BCUT2D eigenvalue weighted by molar-refractivity contribution is 0.206. The normalized spacial score (nSPS) is 23.1. The third-order valence-corrected chi connectivity index (χ3v) is 1.81. The molecule has 1 heterocycles. The van der Waals surface area contributed by atoms with E-state index in [4.69, 9.17) is 10.5 Å². The number of nitrogens with two attached hydrogens (primary N) is 1. The molecule has 64 valence electrons. The fourth-order valence-corrected chi connectivity index (χ4v) is 1.16. The molecule has 3 nitrogen and oxygen atoms in total. The summed E-state index contributed by atoms with van der Waals surface area (Å²) in [4.78, 5) is 4.24. The molecule has 0 aromatic rings. The first kappa shape index (κ1) is 8.53. The molecular formula is C8H16N2O. The zero-order chi connectivity index (χ0) is 8.10. The van der Waals surface area contributed by atoms with Gasteiger partial charge in [0.05, 0.1) is 6.54 Å². The van der Waals surface area contributed by atoms with Crippen molar-refractivity contribution in [2.24, 2.45) is 10.7 Å². The molecule has 0 spiro atoms. The van der Waals surface area contributed by atoms with Crippen LogP contribution < -0.4 is 5.73 Å². The first-order valence-electron chi connectivity index (χ1n) is 4.27. The van der Waals surface area contributed by atoms with E-state index in [0.29, 0.717) is 6.10 Å². The fourth-order valence-electron chi connectivity index (χ4n) is 1.16. The van der Waals surface area contributed by atoms with Gasteiger partial charge in [0.1, 0.15) is 6.10 Å². The molecule has 0 aromatic heterocycles. The molecule has 0 fully saturated rings. The first-order valence-corrected chi connectivity index (χ1v) is 4.27. The standard InChI is InChI=1S/C8H16N2O/c1-2-8-10-6-7(11-8)4-3-5-9/h7H,2-6,9H2,1H3. The number of nitrogens with zero attached hydrogens (tertiary/aromatic N) is 1. The van der Waals surface area contributed by atoms with E-state index < -0.39 is 0 Å². The topological polar surface area (TPSA) is 47.6 Å². The van der Waals surface area contributed by atoms with E-state index in [2.05, 4.69) is 11.9 Å². The molecule has 1 aliphatic heterocycles. The van der Waals surface area contributed by atoms with Crippen molar-refractivity contribution in [3.8, 4) is 0 Å². The molecule has 1 atom stereocenters. The lowest BCUT2D eigenvalue weighted by Gasteiger charge is -2.08. The van der Waals surface area contributed by atoms with Crippen LogP contribution in [0.1, 0.15) is 26.2 Å². The average Bonchev–Trinajstić information content (AvgIpc) is 2.48. The highest BCUT2D eigenvalue weighted by molar-refractivity contribution is 5.77.